The number of epoxide rings is 1. The van der Waals surface area contributed by atoms with Crippen LogP contribution in [0.3, 0.4) is 0 Å². The predicted molar refractivity (Wildman–Crippen MR) is 115 cm³/mol. The summed E-state index contributed by atoms with van der Waals surface area (Å²) in [5.74, 6) is 0.504. The van der Waals surface area contributed by atoms with E-state index in [0.29, 0.717) is 12.0 Å². The molecule has 138 valence electrons. The molecule has 0 radical (unpaired) electrons. The Morgan fingerprint density at radius 3 is 1.88 bits per heavy atom. The van der Waals surface area contributed by atoms with Gasteiger partial charge in [0.25, 0.3) is 0 Å². The summed E-state index contributed by atoms with van der Waals surface area (Å²) >= 11 is 0. The second kappa shape index (κ2) is 7.54. The number of allylic oxidation sites excluding steroid dienone is 1. The van der Waals surface area contributed by atoms with Gasteiger partial charge in [0.2, 0.25) is 0 Å². The zero-order valence-electron chi connectivity index (χ0n) is 16.7. The molecule has 0 aliphatic carbocycles. The number of rotatable bonds is 7. The molecule has 0 spiro atoms. The molecule has 0 bridgehead atoms. The van der Waals surface area contributed by atoms with Gasteiger partial charge in [-0.05, 0) is 23.4 Å². The lowest BCUT2D eigenvalue weighted by molar-refractivity contribution is 0.375. The van der Waals surface area contributed by atoms with Crippen LogP contribution in [0.5, 0.6) is 0 Å². The van der Waals surface area contributed by atoms with E-state index in [9.17, 15) is 0 Å². The van der Waals surface area contributed by atoms with Crippen LogP contribution in [0.4, 0.5) is 0 Å². The monoisotopic (exact) mass is 364 g/mol. The molecule has 0 amide bonds. The van der Waals surface area contributed by atoms with Gasteiger partial charge in [-0.15, -0.1) is 0 Å². The fourth-order valence-electron chi connectivity index (χ4n) is 4.23. The highest BCUT2D eigenvalue weighted by molar-refractivity contribution is 7.04. The quantitative estimate of drug-likeness (QED) is 0.381. The van der Waals surface area contributed by atoms with Gasteiger partial charge in [-0.25, -0.2) is 0 Å². The van der Waals surface area contributed by atoms with Crippen LogP contribution in [0.15, 0.2) is 72.8 Å². The third-order valence-corrected chi connectivity index (χ3v) is 12.2. The van der Waals surface area contributed by atoms with E-state index < -0.39 is 8.07 Å². The van der Waals surface area contributed by atoms with E-state index in [1.807, 2.05) is 0 Å². The molecule has 1 fully saturated rings. The summed E-state index contributed by atoms with van der Waals surface area (Å²) in [5.41, 5.74) is 1.38. The Balaban J connectivity index is 2.06. The van der Waals surface area contributed by atoms with Gasteiger partial charge >= 0.3 is 0 Å². The Bertz CT molecular complexity index is 686. The van der Waals surface area contributed by atoms with Gasteiger partial charge in [0.15, 0.2) is 0 Å². The lowest BCUT2D eigenvalue weighted by atomic mass is 9.99. The van der Waals surface area contributed by atoms with Gasteiger partial charge in [0, 0.05) is 0 Å². The van der Waals surface area contributed by atoms with Gasteiger partial charge in [-0.3, -0.25) is 0 Å². The summed E-state index contributed by atoms with van der Waals surface area (Å²) in [6.07, 6.45) is 1.57. The summed E-state index contributed by atoms with van der Waals surface area (Å²) in [6.45, 7) is 15.1. The van der Waals surface area contributed by atoms with Crippen LogP contribution < -0.4 is 10.4 Å². The van der Waals surface area contributed by atoms with Crippen LogP contribution in [0.1, 0.15) is 34.1 Å². The molecule has 1 aliphatic rings. The zero-order valence-corrected chi connectivity index (χ0v) is 17.7. The normalized spacial score (nSPS) is 18.4. The fraction of sp³-hybridized carbons (Fsp3) is 0.417. The maximum Gasteiger partial charge on any atom is 0.127 e. The molecule has 0 N–H and O–H groups in total. The summed E-state index contributed by atoms with van der Waals surface area (Å²) in [7, 11) is -2.05. The standard InChI is InChI=1S/C24H32OSi/c1-19(16-21-17-25-21)20(2)18-26(24(3,4)5,22-12-8-6-9-13-22)23-14-10-7-11-15-23/h6-15,19,21H,2,16-18H2,1,3-5H3. The van der Waals surface area contributed by atoms with Crippen LogP contribution in [0, 0.1) is 5.92 Å². The van der Waals surface area contributed by atoms with Crippen molar-refractivity contribution in [1.82, 2.24) is 0 Å². The zero-order chi connectivity index (χ0) is 18.8. The fourth-order valence-corrected chi connectivity index (χ4v) is 9.78. The van der Waals surface area contributed by atoms with Gasteiger partial charge in [-0.1, -0.05) is 111 Å². The van der Waals surface area contributed by atoms with E-state index in [1.165, 1.54) is 15.9 Å². The average Bonchev–Trinajstić information content (AvgIpc) is 3.44. The Morgan fingerprint density at radius 2 is 1.50 bits per heavy atom. The number of ether oxygens (including phenoxy) is 1. The lowest BCUT2D eigenvalue weighted by Gasteiger charge is -2.45. The summed E-state index contributed by atoms with van der Waals surface area (Å²) in [5, 5.41) is 3.21. The van der Waals surface area contributed by atoms with Crippen molar-refractivity contribution < 1.29 is 4.74 Å². The van der Waals surface area contributed by atoms with E-state index >= 15 is 0 Å². The molecule has 2 aromatic rings. The molecule has 3 rings (SSSR count). The molecule has 1 heterocycles. The molecule has 0 aromatic heterocycles. The molecule has 0 saturated carbocycles. The van der Waals surface area contributed by atoms with Crippen molar-refractivity contribution in [3.63, 3.8) is 0 Å². The van der Waals surface area contributed by atoms with E-state index in [1.54, 1.807) is 0 Å². The van der Waals surface area contributed by atoms with E-state index in [0.717, 1.165) is 19.1 Å². The largest absolute Gasteiger partial charge is 0.373 e. The van der Waals surface area contributed by atoms with Crippen LogP contribution in [-0.2, 0) is 4.74 Å². The third-order valence-electron chi connectivity index (χ3n) is 6.02. The van der Waals surface area contributed by atoms with Crippen LogP contribution >= 0.6 is 0 Å². The molecule has 2 aromatic carbocycles. The Morgan fingerprint density at radius 1 is 1.04 bits per heavy atom. The average molecular weight is 365 g/mol. The third kappa shape index (κ3) is 3.87. The van der Waals surface area contributed by atoms with Crippen molar-refractivity contribution >= 4 is 18.4 Å². The summed E-state index contributed by atoms with van der Waals surface area (Å²) < 4.78 is 5.47. The Labute approximate surface area is 160 Å². The highest BCUT2D eigenvalue weighted by Gasteiger charge is 2.48. The maximum atomic E-state index is 5.47. The predicted octanol–water partition coefficient (Wildman–Crippen LogP) is 5.03. The van der Waals surface area contributed by atoms with Gasteiger partial charge in [0.1, 0.15) is 8.07 Å². The van der Waals surface area contributed by atoms with Crippen molar-refractivity contribution in [2.75, 3.05) is 6.61 Å². The Kier molecular flexibility index (Phi) is 5.54. The van der Waals surface area contributed by atoms with Crippen molar-refractivity contribution in [3.05, 3.63) is 72.8 Å². The molecule has 26 heavy (non-hydrogen) atoms. The molecule has 1 aliphatic heterocycles. The van der Waals surface area contributed by atoms with E-state index in [2.05, 4.69) is 94.9 Å². The number of hydrogen-bond acceptors (Lipinski definition) is 1. The minimum absolute atomic E-state index is 0.189. The van der Waals surface area contributed by atoms with Crippen LogP contribution in [0.25, 0.3) is 0 Å². The molecule has 2 heteroatoms. The number of hydrogen-bond donors (Lipinski definition) is 0. The molecule has 1 saturated heterocycles. The minimum atomic E-state index is -2.05. The second-order valence-corrected chi connectivity index (χ2v) is 13.6. The van der Waals surface area contributed by atoms with Crippen molar-refractivity contribution in [1.29, 1.82) is 0 Å². The SMILES string of the molecule is C=C(C[Si](c1ccccc1)(c1ccccc1)C(C)(C)C)C(C)CC1CO1. The van der Waals surface area contributed by atoms with Gasteiger partial charge in [0.05, 0.1) is 12.7 Å². The first-order valence-electron chi connectivity index (χ1n) is 9.75. The lowest BCUT2D eigenvalue weighted by Crippen LogP contribution is -2.64. The summed E-state index contributed by atoms with van der Waals surface area (Å²) in [4.78, 5) is 0. The molecule has 2 atom stereocenters. The summed E-state index contributed by atoms with van der Waals surface area (Å²) in [6, 6.07) is 23.5. The van der Waals surface area contributed by atoms with E-state index in [4.69, 9.17) is 4.74 Å². The molecule has 2 unspecified atom stereocenters. The van der Waals surface area contributed by atoms with Crippen molar-refractivity contribution in [3.8, 4) is 0 Å². The van der Waals surface area contributed by atoms with Gasteiger partial charge < -0.3 is 4.74 Å². The first kappa shape index (κ1) is 19.1. The molecular formula is C24H32OSi. The van der Waals surface area contributed by atoms with Gasteiger partial charge in [-0.2, -0.15) is 0 Å². The molecule has 1 nitrogen and oxygen atoms in total. The highest BCUT2D eigenvalue weighted by Crippen LogP contribution is 2.42. The maximum absolute atomic E-state index is 5.47. The minimum Gasteiger partial charge on any atom is -0.373 e. The molecular weight excluding hydrogens is 332 g/mol. The van der Waals surface area contributed by atoms with Crippen LogP contribution in [-0.4, -0.2) is 20.8 Å². The smallest absolute Gasteiger partial charge is 0.127 e. The van der Waals surface area contributed by atoms with E-state index in [-0.39, 0.29) is 5.04 Å². The highest BCUT2D eigenvalue weighted by atomic mass is 28.3. The van der Waals surface area contributed by atoms with Crippen LogP contribution in [0.2, 0.25) is 11.1 Å². The Hall–Kier alpha value is -1.64. The topological polar surface area (TPSA) is 12.5 Å². The van der Waals surface area contributed by atoms with Crippen molar-refractivity contribution in [2.24, 2.45) is 5.92 Å². The first-order valence-corrected chi connectivity index (χ1v) is 12.0. The van der Waals surface area contributed by atoms with Crippen molar-refractivity contribution in [2.45, 2.75) is 51.3 Å². The first-order chi connectivity index (χ1) is 12.3. The second-order valence-electron chi connectivity index (χ2n) is 8.81. The number of benzene rings is 2.